The summed E-state index contributed by atoms with van der Waals surface area (Å²) < 4.78 is 47.4. The van der Waals surface area contributed by atoms with Crippen LogP contribution in [0.4, 0.5) is 18.9 Å². The Morgan fingerprint density at radius 1 is 0.914 bits per heavy atom. The first-order valence-corrected chi connectivity index (χ1v) is 12.4. The van der Waals surface area contributed by atoms with Crippen LogP contribution in [-0.2, 0) is 9.53 Å². The van der Waals surface area contributed by atoms with Crippen molar-refractivity contribution in [3.63, 3.8) is 0 Å². The molecular weight excluding hydrogens is 455 g/mol. The number of ether oxygens (including phenoxy) is 1. The van der Waals surface area contributed by atoms with Crippen molar-refractivity contribution in [3.05, 3.63) is 65.5 Å². The first-order valence-electron chi connectivity index (χ1n) is 12.4. The van der Waals surface area contributed by atoms with Crippen LogP contribution in [0.15, 0.2) is 42.5 Å². The van der Waals surface area contributed by atoms with Crippen molar-refractivity contribution in [2.24, 2.45) is 5.92 Å². The van der Waals surface area contributed by atoms with Gasteiger partial charge in [-0.1, -0.05) is 6.07 Å². The summed E-state index contributed by atoms with van der Waals surface area (Å²) in [6.07, 6.45) is 0.893. The van der Waals surface area contributed by atoms with Gasteiger partial charge in [0.05, 0.1) is 12.5 Å². The van der Waals surface area contributed by atoms with Gasteiger partial charge in [-0.2, -0.15) is 0 Å². The normalized spacial score (nSPS) is 29.7. The summed E-state index contributed by atoms with van der Waals surface area (Å²) in [7, 11) is 0. The molecule has 0 saturated carbocycles. The summed E-state index contributed by atoms with van der Waals surface area (Å²) in [6.45, 7) is 7.58. The smallest absolute Gasteiger partial charge is 0.227 e. The molecule has 3 heterocycles. The fourth-order valence-corrected chi connectivity index (χ4v) is 6.17. The fourth-order valence-electron chi connectivity index (χ4n) is 6.17. The quantitative estimate of drug-likeness (QED) is 0.653. The van der Waals surface area contributed by atoms with Crippen LogP contribution in [0, 0.1) is 23.4 Å². The van der Waals surface area contributed by atoms with Gasteiger partial charge in [-0.15, -0.1) is 0 Å². The maximum atomic E-state index is 14.8. The summed E-state index contributed by atoms with van der Waals surface area (Å²) in [6, 6.07) is 10.4. The zero-order valence-electron chi connectivity index (χ0n) is 20.2. The molecule has 0 unspecified atom stereocenters. The number of carbonyl (C=O) groups excluding carboxylic acids is 1. The Hall–Kier alpha value is -2.58. The third-order valence-electron chi connectivity index (χ3n) is 7.80. The standard InChI is InChI=1S/C27H32F3N3O2/c1-17-12-32(13-18(2)33(17)21-6-3-19(28)4-7-21)27(34)25-15-31(22-9-10-35-16-22)14-24(25)23-8-5-20(29)11-26(23)30/h3-8,11,17-18,22,24-25H,9-10,12-16H2,1-2H3/t17-,18+,22-,24+,25-/m1/s1. The van der Waals surface area contributed by atoms with Crippen molar-refractivity contribution in [1.29, 1.82) is 0 Å². The van der Waals surface area contributed by atoms with Gasteiger partial charge in [0.15, 0.2) is 0 Å². The molecule has 35 heavy (non-hydrogen) atoms. The van der Waals surface area contributed by atoms with E-state index in [1.165, 1.54) is 24.3 Å². The maximum Gasteiger partial charge on any atom is 0.227 e. The van der Waals surface area contributed by atoms with E-state index in [4.69, 9.17) is 4.74 Å². The van der Waals surface area contributed by atoms with Gasteiger partial charge in [-0.05, 0) is 56.2 Å². The van der Waals surface area contributed by atoms with E-state index in [9.17, 15) is 18.0 Å². The van der Waals surface area contributed by atoms with Gasteiger partial charge in [0.25, 0.3) is 0 Å². The molecule has 3 fully saturated rings. The Morgan fingerprint density at radius 2 is 1.60 bits per heavy atom. The molecule has 3 aliphatic heterocycles. The van der Waals surface area contributed by atoms with E-state index in [1.807, 2.05) is 4.90 Å². The third kappa shape index (κ3) is 4.78. The predicted molar refractivity (Wildman–Crippen MR) is 128 cm³/mol. The minimum atomic E-state index is -0.618. The number of hydrogen-bond donors (Lipinski definition) is 0. The molecule has 0 radical (unpaired) electrons. The topological polar surface area (TPSA) is 36.0 Å². The summed E-state index contributed by atoms with van der Waals surface area (Å²) in [4.78, 5) is 20.3. The van der Waals surface area contributed by atoms with E-state index in [0.717, 1.165) is 18.2 Å². The predicted octanol–water partition coefficient (Wildman–Crippen LogP) is 4.03. The van der Waals surface area contributed by atoms with Crippen molar-refractivity contribution < 1.29 is 22.7 Å². The first-order chi connectivity index (χ1) is 16.8. The van der Waals surface area contributed by atoms with Gasteiger partial charge < -0.3 is 14.5 Å². The molecule has 3 saturated heterocycles. The van der Waals surface area contributed by atoms with Gasteiger partial charge in [-0.25, -0.2) is 13.2 Å². The van der Waals surface area contributed by atoms with E-state index >= 15 is 0 Å². The molecule has 188 valence electrons. The van der Waals surface area contributed by atoms with Crippen LogP contribution >= 0.6 is 0 Å². The van der Waals surface area contributed by atoms with Gasteiger partial charge in [0.2, 0.25) is 5.91 Å². The molecule has 2 aromatic carbocycles. The van der Waals surface area contributed by atoms with E-state index in [0.29, 0.717) is 45.0 Å². The van der Waals surface area contributed by atoms with Gasteiger partial charge in [0.1, 0.15) is 17.5 Å². The molecule has 5 nitrogen and oxygen atoms in total. The monoisotopic (exact) mass is 487 g/mol. The molecule has 0 aromatic heterocycles. The Kier molecular flexibility index (Phi) is 6.77. The van der Waals surface area contributed by atoms with E-state index in [-0.39, 0.29) is 35.8 Å². The Bertz CT molecular complexity index is 1050. The maximum absolute atomic E-state index is 14.8. The second-order valence-corrected chi connectivity index (χ2v) is 10.2. The van der Waals surface area contributed by atoms with Gasteiger partial charge in [-0.3, -0.25) is 9.69 Å². The second-order valence-electron chi connectivity index (χ2n) is 10.2. The zero-order valence-corrected chi connectivity index (χ0v) is 20.2. The Morgan fingerprint density at radius 3 is 2.23 bits per heavy atom. The fraction of sp³-hybridized carbons (Fsp3) is 0.519. The molecule has 2 aromatic rings. The molecule has 0 N–H and O–H groups in total. The van der Waals surface area contributed by atoms with Crippen LogP contribution in [0.25, 0.3) is 0 Å². The number of carbonyl (C=O) groups is 1. The number of benzene rings is 2. The molecule has 5 rings (SSSR count). The number of nitrogens with zero attached hydrogens (tertiary/aromatic N) is 3. The third-order valence-corrected chi connectivity index (χ3v) is 7.80. The zero-order chi connectivity index (χ0) is 24.7. The first kappa shape index (κ1) is 24.1. The lowest BCUT2D eigenvalue weighted by atomic mass is 9.87. The summed E-state index contributed by atoms with van der Waals surface area (Å²) >= 11 is 0. The van der Waals surface area contributed by atoms with Gasteiger partial charge >= 0.3 is 0 Å². The number of anilines is 1. The van der Waals surface area contributed by atoms with Crippen LogP contribution in [-0.4, -0.2) is 73.2 Å². The van der Waals surface area contributed by atoms with Crippen molar-refractivity contribution in [1.82, 2.24) is 9.80 Å². The van der Waals surface area contributed by atoms with Crippen molar-refractivity contribution in [3.8, 4) is 0 Å². The summed E-state index contributed by atoms with van der Waals surface area (Å²) in [5.74, 6) is -2.23. The molecule has 0 spiro atoms. The lowest BCUT2D eigenvalue weighted by molar-refractivity contribution is -0.137. The van der Waals surface area contributed by atoms with Crippen LogP contribution in [0.5, 0.6) is 0 Å². The highest BCUT2D eigenvalue weighted by atomic mass is 19.1. The Labute approximate surface area is 204 Å². The number of rotatable bonds is 4. The lowest BCUT2D eigenvalue weighted by Gasteiger charge is -2.46. The number of amides is 1. The highest BCUT2D eigenvalue weighted by Crippen LogP contribution is 2.38. The van der Waals surface area contributed by atoms with Crippen molar-refractivity contribution >= 4 is 11.6 Å². The van der Waals surface area contributed by atoms with Crippen LogP contribution < -0.4 is 4.90 Å². The molecule has 8 heteroatoms. The highest BCUT2D eigenvalue weighted by molar-refractivity contribution is 5.81. The number of likely N-dealkylation sites (tertiary alicyclic amines) is 1. The second kappa shape index (κ2) is 9.82. The van der Waals surface area contributed by atoms with Crippen LogP contribution in [0.2, 0.25) is 0 Å². The van der Waals surface area contributed by atoms with Gasteiger partial charge in [0, 0.05) is 68.6 Å². The SMILES string of the molecule is C[C@@H]1CN(C(=O)[C@@H]2CN([C@@H]3CCOC3)C[C@H]2c2ccc(F)cc2F)C[C@H](C)N1c1ccc(F)cc1. The minimum Gasteiger partial charge on any atom is -0.380 e. The molecular formula is C27H32F3N3O2. The molecule has 0 bridgehead atoms. The highest BCUT2D eigenvalue weighted by Gasteiger charge is 2.45. The number of hydrogen-bond acceptors (Lipinski definition) is 4. The largest absolute Gasteiger partial charge is 0.380 e. The minimum absolute atomic E-state index is 0.0117. The van der Waals surface area contributed by atoms with Crippen molar-refractivity contribution in [2.45, 2.75) is 44.3 Å². The van der Waals surface area contributed by atoms with E-state index in [2.05, 4.69) is 23.6 Å². The molecule has 3 aliphatic rings. The van der Waals surface area contributed by atoms with E-state index in [1.54, 1.807) is 12.1 Å². The average Bonchev–Trinajstić information content (AvgIpc) is 3.49. The molecule has 0 aliphatic carbocycles. The van der Waals surface area contributed by atoms with E-state index < -0.39 is 17.6 Å². The molecule has 1 amide bonds. The Balaban J connectivity index is 1.37. The molecule has 5 atom stereocenters. The van der Waals surface area contributed by atoms with Crippen molar-refractivity contribution in [2.75, 3.05) is 44.3 Å². The number of piperazine rings is 1. The summed E-state index contributed by atoms with van der Waals surface area (Å²) in [5.41, 5.74) is 1.33. The average molecular weight is 488 g/mol. The van der Waals surface area contributed by atoms with Crippen LogP contribution in [0.3, 0.4) is 0 Å². The van der Waals surface area contributed by atoms with Crippen LogP contribution in [0.1, 0.15) is 31.7 Å². The number of halogens is 3. The summed E-state index contributed by atoms with van der Waals surface area (Å²) in [5, 5.41) is 0. The lowest BCUT2D eigenvalue weighted by Crippen LogP contribution is -2.59.